The maximum absolute atomic E-state index is 13.3. The summed E-state index contributed by atoms with van der Waals surface area (Å²) < 4.78 is 15.3. The van der Waals surface area contributed by atoms with Gasteiger partial charge in [0.15, 0.2) is 0 Å². The molecule has 0 saturated carbocycles. The van der Waals surface area contributed by atoms with Crippen molar-refractivity contribution < 1.29 is 18.8 Å². The monoisotopic (exact) mass is 499 g/mol. The van der Waals surface area contributed by atoms with E-state index in [9.17, 15) is 18.8 Å². The van der Waals surface area contributed by atoms with E-state index >= 15 is 0 Å². The molecule has 1 aliphatic rings. The van der Waals surface area contributed by atoms with E-state index in [1.807, 2.05) is 54.1 Å². The Bertz CT molecular complexity index is 1520. The van der Waals surface area contributed by atoms with Gasteiger partial charge in [0.2, 0.25) is 5.91 Å². The second-order valence-electron chi connectivity index (χ2n) is 8.49. The number of fused-ring (bicyclic) bond motifs is 1. The Balaban J connectivity index is 1.38. The second-order valence-corrected chi connectivity index (χ2v) is 9.48. The highest BCUT2D eigenvalue weighted by atomic mass is 32.2. The molecule has 2 heterocycles. The minimum Gasteiger partial charge on any atom is -0.342 e. The van der Waals surface area contributed by atoms with Gasteiger partial charge in [-0.2, -0.15) is 0 Å². The molecule has 1 N–H and O–H groups in total. The Kier molecular flexibility index (Phi) is 6.43. The van der Waals surface area contributed by atoms with Crippen LogP contribution in [-0.4, -0.2) is 33.1 Å². The molecule has 8 heteroatoms. The number of carbonyl (C=O) groups is 3. The van der Waals surface area contributed by atoms with E-state index in [2.05, 4.69) is 5.32 Å². The van der Waals surface area contributed by atoms with Gasteiger partial charge < -0.3 is 9.88 Å². The lowest BCUT2D eigenvalue weighted by atomic mass is 10.1. The van der Waals surface area contributed by atoms with Crippen LogP contribution in [0.3, 0.4) is 0 Å². The molecule has 0 spiro atoms. The first-order chi connectivity index (χ1) is 17.4. The van der Waals surface area contributed by atoms with Crippen LogP contribution in [0.5, 0.6) is 0 Å². The Morgan fingerprint density at radius 3 is 2.50 bits per heavy atom. The Labute approximate surface area is 211 Å². The number of para-hydroxylation sites is 2. The maximum atomic E-state index is 13.3. The number of halogens is 1. The van der Waals surface area contributed by atoms with E-state index in [1.165, 1.54) is 12.1 Å². The van der Waals surface area contributed by atoms with E-state index in [4.69, 9.17) is 0 Å². The van der Waals surface area contributed by atoms with E-state index in [1.54, 1.807) is 30.3 Å². The van der Waals surface area contributed by atoms with Crippen LogP contribution in [0.15, 0.2) is 83.9 Å². The van der Waals surface area contributed by atoms with Crippen LogP contribution in [0.2, 0.25) is 0 Å². The average molecular weight is 500 g/mol. The lowest BCUT2D eigenvalue weighted by molar-refractivity contribution is -0.127. The number of aromatic nitrogens is 1. The number of carbonyl (C=O) groups excluding carboxylic acids is 3. The number of anilines is 1. The summed E-state index contributed by atoms with van der Waals surface area (Å²) in [5.41, 5.74) is 4.19. The third kappa shape index (κ3) is 4.81. The van der Waals surface area contributed by atoms with Crippen molar-refractivity contribution in [3.63, 3.8) is 0 Å². The smallest absolute Gasteiger partial charge is 0.294 e. The Morgan fingerprint density at radius 1 is 1.00 bits per heavy atom. The standard InChI is InChI=1S/C28H22FN3O3S/c1-18-6-2-4-8-23(18)30-26(33)17-32-27(34)25(36-28(32)35)14-20-16-31(24-9-5-3-7-22(20)24)15-19-10-12-21(29)13-11-19/h2-14,16H,15,17H2,1H3,(H,30,33)/b25-14-. The number of imide groups is 1. The molecule has 4 aromatic rings. The summed E-state index contributed by atoms with van der Waals surface area (Å²) in [6, 6.07) is 21.4. The lowest BCUT2D eigenvalue weighted by Crippen LogP contribution is -2.36. The van der Waals surface area contributed by atoms with Crippen molar-refractivity contribution in [1.29, 1.82) is 0 Å². The lowest BCUT2D eigenvalue weighted by Gasteiger charge is -2.13. The van der Waals surface area contributed by atoms with Crippen molar-refractivity contribution in [2.24, 2.45) is 0 Å². The third-order valence-electron chi connectivity index (χ3n) is 5.97. The van der Waals surface area contributed by atoms with Crippen molar-refractivity contribution in [1.82, 2.24) is 9.47 Å². The van der Waals surface area contributed by atoms with Gasteiger partial charge in [0.05, 0.1) is 4.91 Å². The first kappa shape index (κ1) is 23.6. The summed E-state index contributed by atoms with van der Waals surface area (Å²) in [6.45, 7) is 2.03. The largest absolute Gasteiger partial charge is 0.342 e. The minimum atomic E-state index is -0.500. The van der Waals surface area contributed by atoms with Crippen LogP contribution in [0.25, 0.3) is 17.0 Å². The second kappa shape index (κ2) is 9.83. The first-order valence-corrected chi connectivity index (χ1v) is 12.1. The van der Waals surface area contributed by atoms with Gasteiger partial charge in [-0.05, 0) is 60.2 Å². The summed E-state index contributed by atoms with van der Waals surface area (Å²) in [7, 11) is 0. The quantitative estimate of drug-likeness (QED) is 0.340. The van der Waals surface area contributed by atoms with Crippen LogP contribution >= 0.6 is 11.8 Å². The van der Waals surface area contributed by atoms with Crippen molar-refractivity contribution in [3.05, 3.63) is 106 Å². The van der Waals surface area contributed by atoms with E-state index in [0.29, 0.717) is 12.2 Å². The maximum Gasteiger partial charge on any atom is 0.294 e. The number of hydrogen-bond acceptors (Lipinski definition) is 4. The fourth-order valence-electron chi connectivity index (χ4n) is 4.13. The van der Waals surface area contributed by atoms with Crippen LogP contribution in [0.4, 0.5) is 14.9 Å². The minimum absolute atomic E-state index is 0.258. The molecular weight excluding hydrogens is 477 g/mol. The van der Waals surface area contributed by atoms with Crippen molar-refractivity contribution in [2.75, 3.05) is 11.9 Å². The van der Waals surface area contributed by atoms with Gasteiger partial charge in [-0.1, -0.05) is 48.5 Å². The number of nitrogens with one attached hydrogen (secondary N) is 1. The number of aryl methyl sites for hydroxylation is 1. The number of nitrogens with zero attached hydrogens (tertiary/aromatic N) is 2. The molecule has 0 radical (unpaired) electrons. The molecule has 0 aliphatic carbocycles. The van der Waals surface area contributed by atoms with Crippen LogP contribution in [-0.2, 0) is 16.1 Å². The zero-order valence-electron chi connectivity index (χ0n) is 19.4. The summed E-state index contributed by atoms with van der Waals surface area (Å²) in [4.78, 5) is 39.4. The Hall–Kier alpha value is -4.17. The van der Waals surface area contributed by atoms with E-state index in [0.717, 1.165) is 44.3 Å². The molecule has 1 aliphatic heterocycles. The van der Waals surface area contributed by atoms with Crippen molar-refractivity contribution in [2.45, 2.75) is 13.5 Å². The molecule has 36 heavy (non-hydrogen) atoms. The SMILES string of the molecule is Cc1ccccc1NC(=O)CN1C(=O)S/C(=C\c2cn(Cc3ccc(F)cc3)c3ccccc23)C1=O. The van der Waals surface area contributed by atoms with Gasteiger partial charge >= 0.3 is 0 Å². The molecule has 6 nitrogen and oxygen atoms in total. The van der Waals surface area contributed by atoms with Crippen LogP contribution in [0, 0.1) is 12.7 Å². The van der Waals surface area contributed by atoms with Gasteiger partial charge in [0.1, 0.15) is 12.4 Å². The van der Waals surface area contributed by atoms with E-state index < -0.39 is 17.1 Å². The Morgan fingerprint density at radius 2 is 1.72 bits per heavy atom. The van der Waals surface area contributed by atoms with Gasteiger partial charge in [-0.15, -0.1) is 0 Å². The van der Waals surface area contributed by atoms with E-state index in [-0.39, 0.29) is 17.3 Å². The molecule has 180 valence electrons. The molecule has 0 bridgehead atoms. The number of rotatable bonds is 6. The predicted molar refractivity (Wildman–Crippen MR) is 140 cm³/mol. The fraction of sp³-hybridized carbons (Fsp3) is 0.107. The van der Waals surface area contributed by atoms with Gasteiger partial charge in [0, 0.05) is 34.9 Å². The number of hydrogen-bond donors (Lipinski definition) is 1. The topological polar surface area (TPSA) is 71.4 Å². The molecule has 3 aromatic carbocycles. The predicted octanol–water partition coefficient (Wildman–Crippen LogP) is 5.81. The fourth-order valence-corrected chi connectivity index (χ4v) is 4.96. The molecule has 1 aromatic heterocycles. The molecule has 3 amide bonds. The normalized spacial score (nSPS) is 14.7. The average Bonchev–Trinajstić information content (AvgIpc) is 3.34. The van der Waals surface area contributed by atoms with Gasteiger partial charge in [-0.25, -0.2) is 4.39 Å². The molecule has 0 atom stereocenters. The number of benzene rings is 3. The van der Waals surface area contributed by atoms with Gasteiger partial charge in [-0.3, -0.25) is 19.3 Å². The summed E-state index contributed by atoms with van der Waals surface area (Å²) >= 11 is 0.819. The third-order valence-corrected chi connectivity index (χ3v) is 6.87. The summed E-state index contributed by atoms with van der Waals surface area (Å²) in [5.74, 6) is -1.23. The van der Waals surface area contributed by atoms with Crippen molar-refractivity contribution >= 4 is 51.5 Å². The van der Waals surface area contributed by atoms with Crippen molar-refractivity contribution in [3.8, 4) is 0 Å². The van der Waals surface area contributed by atoms with Crippen LogP contribution < -0.4 is 5.32 Å². The molecule has 0 unspecified atom stereocenters. The number of amides is 3. The summed E-state index contributed by atoms with van der Waals surface area (Å²) in [6.07, 6.45) is 3.60. The number of thioether (sulfide) groups is 1. The summed E-state index contributed by atoms with van der Waals surface area (Å²) in [5, 5.41) is 3.19. The molecule has 1 fully saturated rings. The first-order valence-electron chi connectivity index (χ1n) is 11.3. The molecule has 5 rings (SSSR count). The highest BCUT2D eigenvalue weighted by Crippen LogP contribution is 2.34. The zero-order valence-corrected chi connectivity index (χ0v) is 20.2. The molecule has 1 saturated heterocycles. The van der Waals surface area contributed by atoms with Gasteiger partial charge in [0.25, 0.3) is 11.1 Å². The highest BCUT2D eigenvalue weighted by molar-refractivity contribution is 8.18. The van der Waals surface area contributed by atoms with Crippen LogP contribution in [0.1, 0.15) is 16.7 Å². The highest BCUT2D eigenvalue weighted by Gasteiger charge is 2.36. The zero-order chi connectivity index (χ0) is 25.2. The molecular formula is C28H22FN3O3S.